The van der Waals surface area contributed by atoms with Gasteiger partial charge in [0.2, 0.25) is 5.91 Å². The minimum atomic E-state index is -0.488. The number of piperidine rings is 1. The zero-order valence-corrected chi connectivity index (χ0v) is 13.3. The summed E-state index contributed by atoms with van der Waals surface area (Å²) in [6.45, 7) is 8.13. The molecule has 21 heavy (non-hydrogen) atoms. The highest BCUT2D eigenvalue weighted by Crippen LogP contribution is 2.25. The van der Waals surface area contributed by atoms with E-state index in [1.807, 2.05) is 25.7 Å². The maximum atomic E-state index is 12.2. The molecule has 6 nitrogen and oxygen atoms in total. The molecule has 2 rings (SSSR count). The van der Waals surface area contributed by atoms with E-state index in [1.165, 1.54) is 0 Å². The van der Waals surface area contributed by atoms with Crippen molar-refractivity contribution in [1.82, 2.24) is 9.80 Å². The Bertz CT molecular complexity index is 405. The first kappa shape index (κ1) is 16.1. The molecule has 0 aromatic carbocycles. The fourth-order valence-electron chi connectivity index (χ4n) is 3.02. The molecule has 120 valence electrons. The number of nitrogens with zero attached hydrogens (tertiary/aromatic N) is 2. The summed E-state index contributed by atoms with van der Waals surface area (Å²) in [5, 5.41) is 0. The molecule has 0 spiro atoms. The number of ether oxygens (including phenoxy) is 1. The van der Waals surface area contributed by atoms with Gasteiger partial charge >= 0.3 is 6.09 Å². The summed E-state index contributed by atoms with van der Waals surface area (Å²) in [5.41, 5.74) is 5.18. The molecule has 2 N–H and O–H groups in total. The summed E-state index contributed by atoms with van der Waals surface area (Å²) in [5.74, 6) is 0.427. The van der Waals surface area contributed by atoms with E-state index < -0.39 is 5.60 Å². The van der Waals surface area contributed by atoms with Crippen LogP contribution < -0.4 is 5.73 Å². The topological polar surface area (TPSA) is 75.9 Å². The molecular weight excluding hydrogens is 270 g/mol. The molecule has 2 atom stereocenters. The molecule has 2 saturated heterocycles. The Kier molecular flexibility index (Phi) is 4.76. The first-order chi connectivity index (χ1) is 9.80. The van der Waals surface area contributed by atoms with Crippen molar-refractivity contribution < 1.29 is 14.3 Å². The Morgan fingerprint density at radius 2 is 2.10 bits per heavy atom. The highest BCUT2D eigenvalue weighted by Gasteiger charge is 2.37. The van der Waals surface area contributed by atoms with Crippen LogP contribution in [0.25, 0.3) is 0 Å². The van der Waals surface area contributed by atoms with Crippen molar-refractivity contribution in [1.29, 1.82) is 0 Å². The van der Waals surface area contributed by atoms with Crippen LogP contribution in [0, 0.1) is 5.92 Å². The van der Waals surface area contributed by atoms with E-state index in [2.05, 4.69) is 0 Å². The van der Waals surface area contributed by atoms with Gasteiger partial charge in [0.05, 0.1) is 0 Å². The summed E-state index contributed by atoms with van der Waals surface area (Å²) in [6.07, 6.45) is 2.11. The lowest BCUT2D eigenvalue weighted by molar-refractivity contribution is -0.130. The average Bonchev–Trinajstić information content (AvgIpc) is 2.78. The van der Waals surface area contributed by atoms with Gasteiger partial charge in [-0.1, -0.05) is 0 Å². The van der Waals surface area contributed by atoms with E-state index in [4.69, 9.17) is 10.5 Å². The summed E-state index contributed by atoms with van der Waals surface area (Å²) >= 11 is 0. The van der Waals surface area contributed by atoms with Crippen molar-refractivity contribution in [3.63, 3.8) is 0 Å². The van der Waals surface area contributed by atoms with E-state index >= 15 is 0 Å². The smallest absolute Gasteiger partial charge is 0.410 e. The van der Waals surface area contributed by atoms with Crippen molar-refractivity contribution in [2.75, 3.05) is 26.2 Å². The number of carbonyl (C=O) groups excluding carboxylic acids is 2. The molecule has 2 aliphatic rings. The molecule has 2 amide bonds. The van der Waals surface area contributed by atoms with Gasteiger partial charge in [0.25, 0.3) is 0 Å². The number of nitrogens with two attached hydrogens (primary N) is 1. The molecule has 2 heterocycles. The first-order valence-electron chi connectivity index (χ1n) is 7.77. The fourth-order valence-corrected chi connectivity index (χ4v) is 3.02. The Morgan fingerprint density at radius 3 is 2.67 bits per heavy atom. The van der Waals surface area contributed by atoms with Gasteiger partial charge in [0.1, 0.15) is 5.60 Å². The van der Waals surface area contributed by atoms with Gasteiger partial charge in [-0.2, -0.15) is 0 Å². The molecule has 6 heteroatoms. The number of hydrogen-bond acceptors (Lipinski definition) is 4. The van der Waals surface area contributed by atoms with E-state index in [9.17, 15) is 9.59 Å². The zero-order valence-electron chi connectivity index (χ0n) is 13.3. The molecule has 0 aromatic heterocycles. The van der Waals surface area contributed by atoms with Crippen LogP contribution in [0.15, 0.2) is 0 Å². The van der Waals surface area contributed by atoms with Crippen molar-refractivity contribution in [2.24, 2.45) is 11.7 Å². The second-order valence-electron chi connectivity index (χ2n) is 7.07. The van der Waals surface area contributed by atoms with E-state index in [0.717, 1.165) is 19.4 Å². The van der Waals surface area contributed by atoms with Crippen LogP contribution in [0.1, 0.15) is 40.0 Å². The maximum absolute atomic E-state index is 12.2. The maximum Gasteiger partial charge on any atom is 0.410 e. The normalized spacial score (nSPS) is 27.1. The highest BCUT2D eigenvalue weighted by atomic mass is 16.6. The Hall–Kier alpha value is -1.30. The fraction of sp³-hybridized carbons (Fsp3) is 0.867. The molecule has 0 saturated carbocycles. The SMILES string of the molecule is CC(C)(C)OC(=O)N1CCCC(N2CC(CN)CC2=O)C1. The second-order valence-corrected chi connectivity index (χ2v) is 7.07. The van der Waals surface area contributed by atoms with Crippen LogP contribution in [0.5, 0.6) is 0 Å². The van der Waals surface area contributed by atoms with Gasteiger partial charge in [-0.3, -0.25) is 4.79 Å². The third-order valence-electron chi connectivity index (χ3n) is 4.06. The predicted octanol–water partition coefficient (Wildman–Crippen LogP) is 1.19. The molecular formula is C15H27N3O3. The minimum absolute atomic E-state index is 0.107. The molecule has 2 fully saturated rings. The standard InChI is InChI=1S/C15H27N3O3/c1-15(2,3)21-14(20)17-6-4-5-12(10-17)18-9-11(8-16)7-13(18)19/h11-12H,4-10,16H2,1-3H3. The number of rotatable bonds is 2. The number of carbonyl (C=O) groups is 2. The van der Waals surface area contributed by atoms with Gasteiger partial charge in [-0.05, 0) is 46.1 Å². The van der Waals surface area contributed by atoms with Crippen LogP contribution in [0.4, 0.5) is 4.79 Å². The predicted molar refractivity (Wildman–Crippen MR) is 79.7 cm³/mol. The minimum Gasteiger partial charge on any atom is -0.444 e. The second kappa shape index (κ2) is 6.22. The van der Waals surface area contributed by atoms with Gasteiger partial charge in [0.15, 0.2) is 0 Å². The zero-order chi connectivity index (χ0) is 15.6. The average molecular weight is 297 g/mol. The van der Waals surface area contributed by atoms with E-state index in [-0.39, 0.29) is 24.0 Å². The quantitative estimate of drug-likeness (QED) is 0.831. The van der Waals surface area contributed by atoms with Gasteiger partial charge in [0, 0.05) is 32.1 Å². The van der Waals surface area contributed by atoms with Gasteiger partial charge < -0.3 is 20.3 Å². The van der Waals surface area contributed by atoms with Crippen molar-refractivity contribution in [3.05, 3.63) is 0 Å². The Labute approximate surface area is 126 Å². The first-order valence-corrected chi connectivity index (χ1v) is 7.77. The lowest BCUT2D eigenvalue weighted by Crippen LogP contribution is -2.51. The van der Waals surface area contributed by atoms with Crippen LogP contribution in [-0.4, -0.2) is 59.6 Å². The summed E-state index contributed by atoms with van der Waals surface area (Å²) in [4.78, 5) is 27.9. The molecule has 2 unspecified atom stereocenters. The number of likely N-dealkylation sites (tertiary alicyclic amines) is 2. The highest BCUT2D eigenvalue weighted by molar-refractivity contribution is 5.79. The molecule has 0 radical (unpaired) electrons. The van der Waals surface area contributed by atoms with Gasteiger partial charge in [-0.15, -0.1) is 0 Å². The third-order valence-corrected chi connectivity index (χ3v) is 4.06. The number of amides is 2. The molecule has 0 aliphatic carbocycles. The van der Waals surface area contributed by atoms with Crippen molar-refractivity contribution >= 4 is 12.0 Å². The Balaban J connectivity index is 1.95. The molecule has 0 bridgehead atoms. The van der Waals surface area contributed by atoms with Crippen molar-refractivity contribution in [3.8, 4) is 0 Å². The third kappa shape index (κ3) is 4.09. The largest absolute Gasteiger partial charge is 0.444 e. The lowest BCUT2D eigenvalue weighted by Gasteiger charge is -2.38. The van der Waals surface area contributed by atoms with Gasteiger partial charge in [-0.25, -0.2) is 4.79 Å². The number of hydrogen-bond donors (Lipinski definition) is 1. The van der Waals surface area contributed by atoms with Crippen LogP contribution >= 0.6 is 0 Å². The summed E-state index contributed by atoms with van der Waals surface area (Å²) in [7, 11) is 0. The van der Waals surface area contributed by atoms with Crippen LogP contribution in [0.2, 0.25) is 0 Å². The van der Waals surface area contributed by atoms with E-state index in [0.29, 0.717) is 26.1 Å². The molecule has 2 aliphatic heterocycles. The van der Waals surface area contributed by atoms with Crippen molar-refractivity contribution in [2.45, 2.75) is 51.7 Å². The monoisotopic (exact) mass is 297 g/mol. The summed E-state index contributed by atoms with van der Waals surface area (Å²) < 4.78 is 5.42. The summed E-state index contributed by atoms with van der Waals surface area (Å²) in [6, 6.07) is 0.107. The van der Waals surface area contributed by atoms with E-state index in [1.54, 1.807) is 4.90 Å². The lowest BCUT2D eigenvalue weighted by atomic mass is 10.0. The Morgan fingerprint density at radius 1 is 1.38 bits per heavy atom. The van der Waals surface area contributed by atoms with Crippen LogP contribution in [0.3, 0.4) is 0 Å². The molecule has 0 aromatic rings. The van der Waals surface area contributed by atoms with Crippen LogP contribution in [-0.2, 0) is 9.53 Å².